The number of aromatic amines is 1. The highest BCUT2D eigenvalue weighted by Crippen LogP contribution is 2.36. The standard InChI is InChI=1S/C26H34N8O/c1-34(2)16-18-5-3-17(4-6-18)12-28-22-11-24(29-15-21(22)25(35)19-7-8-19)32-23-9-10-27-26(33-23)20-13-30-31-14-20/h9-11,13-15,17-19H,3-8,12,16H2,1-2H3,(H,30,31)(H2,27,28,29,32,33). The average Bonchev–Trinajstić information content (AvgIpc) is 3.56. The number of aromatic nitrogens is 5. The van der Waals surface area contributed by atoms with E-state index in [0.717, 1.165) is 36.6 Å². The summed E-state index contributed by atoms with van der Waals surface area (Å²) in [4.78, 5) is 28.6. The second-order valence-electron chi connectivity index (χ2n) is 10.2. The normalized spacial score (nSPS) is 20.1. The zero-order valence-electron chi connectivity index (χ0n) is 20.5. The van der Waals surface area contributed by atoms with Crippen molar-refractivity contribution in [3.8, 4) is 11.4 Å². The fraction of sp³-hybridized carbons (Fsp3) is 0.500. The third-order valence-corrected chi connectivity index (χ3v) is 6.96. The van der Waals surface area contributed by atoms with Gasteiger partial charge in [0.15, 0.2) is 11.6 Å². The van der Waals surface area contributed by atoms with Crippen LogP contribution in [0.2, 0.25) is 0 Å². The molecule has 0 amide bonds. The fourth-order valence-corrected chi connectivity index (χ4v) is 4.89. The maximum absolute atomic E-state index is 12.9. The van der Waals surface area contributed by atoms with Crippen LogP contribution < -0.4 is 10.6 Å². The van der Waals surface area contributed by atoms with Crippen molar-refractivity contribution in [2.45, 2.75) is 38.5 Å². The van der Waals surface area contributed by atoms with Crippen LogP contribution in [0.5, 0.6) is 0 Å². The van der Waals surface area contributed by atoms with Crippen molar-refractivity contribution in [3.05, 3.63) is 42.5 Å². The minimum absolute atomic E-state index is 0.150. The molecule has 2 saturated carbocycles. The van der Waals surface area contributed by atoms with E-state index < -0.39 is 0 Å². The third kappa shape index (κ3) is 6.03. The fourth-order valence-electron chi connectivity index (χ4n) is 4.89. The van der Waals surface area contributed by atoms with E-state index in [1.165, 1.54) is 32.2 Å². The van der Waals surface area contributed by atoms with Crippen LogP contribution in [0, 0.1) is 17.8 Å². The van der Waals surface area contributed by atoms with Gasteiger partial charge in [-0.15, -0.1) is 0 Å². The zero-order valence-corrected chi connectivity index (χ0v) is 20.5. The Morgan fingerprint density at radius 2 is 1.86 bits per heavy atom. The first-order valence-corrected chi connectivity index (χ1v) is 12.6. The highest BCUT2D eigenvalue weighted by atomic mass is 16.1. The molecule has 0 aliphatic heterocycles. The predicted octanol–water partition coefficient (Wildman–Crippen LogP) is 4.38. The maximum Gasteiger partial charge on any atom is 0.169 e. The van der Waals surface area contributed by atoms with E-state index in [9.17, 15) is 4.79 Å². The molecular formula is C26H34N8O. The Bertz CT molecular complexity index is 1130. The Balaban J connectivity index is 1.28. The van der Waals surface area contributed by atoms with E-state index in [1.807, 2.05) is 6.07 Å². The molecule has 35 heavy (non-hydrogen) atoms. The van der Waals surface area contributed by atoms with Crippen LogP contribution in [-0.2, 0) is 0 Å². The van der Waals surface area contributed by atoms with Gasteiger partial charge in [-0.2, -0.15) is 5.10 Å². The van der Waals surface area contributed by atoms with Crippen molar-refractivity contribution in [2.24, 2.45) is 17.8 Å². The smallest absolute Gasteiger partial charge is 0.169 e. The summed E-state index contributed by atoms with van der Waals surface area (Å²) < 4.78 is 0. The molecule has 2 aliphatic rings. The molecular weight excluding hydrogens is 440 g/mol. The van der Waals surface area contributed by atoms with Gasteiger partial charge >= 0.3 is 0 Å². The minimum Gasteiger partial charge on any atom is -0.384 e. The van der Waals surface area contributed by atoms with Crippen molar-refractivity contribution in [2.75, 3.05) is 37.8 Å². The van der Waals surface area contributed by atoms with E-state index in [1.54, 1.807) is 30.9 Å². The van der Waals surface area contributed by atoms with Crippen molar-refractivity contribution in [3.63, 3.8) is 0 Å². The van der Waals surface area contributed by atoms with Crippen LogP contribution >= 0.6 is 0 Å². The zero-order chi connectivity index (χ0) is 24.2. The number of pyridine rings is 1. The van der Waals surface area contributed by atoms with Crippen LogP contribution in [0.25, 0.3) is 11.4 Å². The Morgan fingerprint density at radius 3 is 2.57 bits per heavy atom. The van der Waals surface area contributed by atoms with Gasteiger partial charge in [0.05, 0.1) is 23.0 Å². The lowest BCUT2D eigenvalue weighted by molar-refractivity contribution is 0.0968. The molecule has 0 spiro atoms. The lowest BCUT2D eigenvalue weighted by Gasteiger charge is -2.30. The van der Waals surface area contributed by atoms with Gasteiger partial charge in [-0.3, -0.25) is 9.89 Å². The summed E-state index contributed by atoms with van der Waals surface area (Å²) in [6.07, 6.45) is 13.8. The third-order valence-electron chi connectivity index (χ3n) is 6.96. The second-order valence-corrected chi connectivity index (χ2v) is 10.2. The van der Waals surface area contributed by atoms with Gasteiger partial charge in [-0.25, -0.2) is 15.0 Å². The van der Waals surface area contributed by atoms with Crippen LogP contribution in [0.15, 0.2) is 36.9 Å². The summed E-state index contributed by atoms with van der Waals surface area (Å²) in [5.74, 6) is 3.63. The number of carbonyl (C=O) groups excluding carboxylic acids is 1. The summed E-state index contributed by atoms with van der Waals surface area (Å²) in [7, 11) is 4.31. The summed E-state index contributed by atoms with van der Waals surface area (Å²) in [5, 5.41) is 13.6. The highest BCUT2D eigenvalue weighted by Gasteiger charge is 2.32. The van der Waals surface area contributed by atoms with Crippen molar-refractivity contribution < 1.29 is 4.79 Å². The first-order valence-electron chi connectivity index (χ1n) is 12.6. The van der Waals surface area contributed by atoms with E-state index >= 15 is 0 Å². The minimum atomic E-state index is 0.150. The first-order chi connectivity index (χ1) is 17.0. The maximum atomic E-state index is 12.9. The molecule has 5 rings (SSSR count). The number of rotatable bonds is 10. The number of carbonyl (C=O) groups is 1. The van der Waals surface area contributed by atoms with Gasteiger partial charge in [0, 0.05) is 43.7 Å². The number of ketones is 1. The summed E-state index contributed by atoms with van der Waals surface area (Å²) in [5.41, 5.74) is 2.37. The van der Waals surface area contributed by atoms with Gasteiger partial charge in [-0.1, -0.05) is 0 Å². The molecule has 0 unspecified atom stereocenters. The van der Waals surface area contributed by atoms with Crippen LogP contribution in [0.3, 0.4) is 0 Å². The van der Waals surface area contributed by atoms with Gasteiger partial charge < -0.3 is 15.5 Å². The number of Topliss-reactive ketones (excluding diaryl/α,β-unsaturated/α-hetero) is 1. The Morgan fingerprint density at radius 1 is 1.06 bits per heavy atom. The van der Waals surface area contributed by atoms with Gasteiger partial charge in [0.2, 0.25) is 0 Å². The molecule has 3 N–H and O–H groups in total. The van der Waals surface area contributed by atoms with Crippen LogP contribution in [0.4, 0.5) is 17.3 Å². The monoisotopic (exact) mass is 474 g/mol. The van der Waals surface area contributed by atoms with E-state index in [4.69, 9.17) is 0 Å². The predicted molar refractivity (Wildman–Crippen MR) is 137 cm³/mol. The van der Waals surface area contributed by atoms with Crippen molar-refractivity contribution in [1.82, 2.24) is 30.0 Å². The Hall–Kier alpha value is -3.33. The molecule has 2 aliphatic carbocycles. The van der Waals surface area contributed by atoms with Crippen molar-refractivity contribution in [1.29, 1.82) is 0 Å². The molecule has 3 heterocycles. The van der Waals surface area contributed by atoms with E-state index in [0.29, 0.717) is 28.9 Å². The number of hydrogen-bond acceptors (Lipinski definition) is 8. The molecule has 3 aromatic rings. The number of nitrogens with one attached hydrogen (secondary N) is 3. The molecule has 0 saturated heterocycles. The Kier molecular flexibility index (Phi) is 7.03. The molecule has 0 radical (unpaired) electrons. The molecule has 3 aromatic heterocycles. The lowest BCUT2D eigenvalue weighted by atomic mass is 9.81. The molecule has 184 valence electrons. The highest BCUT2D eigenvalue weighted by molar-refractivity contribution is 6.04. The van der Waals surface area contributed by atoms with E-state index in [2.05, 4.69) is 54.8 Å². The number of H-pyrrole nitrogens is 1. The summed E-state index contributed by atoms with van der Waals surface area (Å²) >= 11 is 0. The molecule has 0 bridgehead atoms. The van der Waals surface area contributed by atoms with Crippen LogP contribution in [0.1, 0.15) is 48.9 Å². The average molecular weight is 475 g/mol. The molecule has 9 heteroatoms. The van der Waals surface area contributed by atoms with Gasteiger partial charge in [0.1, 0.15) is 11.6 Å². The van der Waals surface area contributed by atoms with E-state index in [-0.39, 0.29) is 11.7 Å². The molecule has 0 atom stereocenters. The number of hydrogen-bond donors (Lipinski definition) is 3. The SMILES string of the molecule is CN(C)CC1CCC(CNc2cc(Nc3ccnc(-c4cn[nH]c4)n3)ncc2C(=O)C2CC2)CC1. The topological polar surface area (TPSA) is 112 Å². The second kappa shape index (κ2) is 10.5. The van der Waals surface area contributed by atoms with Crippen molar-refractivity contribution >= 4 is 23.1 Å². The Labute approximate surface area is 206 Å². The van der Waals surface area contributed by atoms with Gasteiger partial charge in [-0.05, 0) is 70.5 Å². The summed E-state index contributed by atoms with van der Waals surface area (Å²) in [6.45, 7) is 2.05. The molecule has 0 aromatic carbocycles. The molecule has 2 fully saturated rings. The van der Waals surface area contributed by atoms with Crippen LogP contribution in [-0.4, -0.2) is 63.0 Å². The lowest BCUT2D eigenvalue weighted by Crippen LogP contribution is -2.28. The molecule has 9 nitrogen and oxygen atoms in total. The number of anilines is 3. The van der Waals surface area contributed by atoms with Gasteiger partial charge in [0.25, 0.3) is 0 Å². The summed E-state index contributed by atoms with van der Waals surface area (Å²) in [6, 6.07) is 3.74. The largest absolute Gasteiger partial charge is 0.384 e. The number of nitrogens with zero attached hydrogens (tertiary/aromatic N) is 5. The first kappa shape index (κ1) is 23.4. The quantitative estimate of drug-likeness (QED) is 0.371.